The molecule has 76 valence electrons. The first-order valence-corrected chi connectivity index (χ1v) is 4.25. The molecule has 0 bridgehead atoms. The summed E-state index contributed by atoms with van der Waals surface area (Å²) in [7, 11) is 1.74. The molecule has 1 heterocycles. The van der Waals surface area contributed by atoms with E-state index in [1.807, 2.05) is 0 Å². The zero-order valence-electron chi connectivity index (χ0n) is 7.95. The van der Waals surface area contributed by atoms with Crippen LogP contribution in [0.1, 0.15) is 6.42 Å². The van der Waals surface area contributed by atoms with Gasteiger partial charge in [-0.3, -0.25) is 4.79 Å². The summed E-state index contributed by atoms with van der Waals surface area (Å²) in [5.74, 6) is 0.875. The molecule has 4 N–H and O–H groups in total. The Kier molecular flexibility index (Phi) is 3.66. The quantitative estimate of drug-likeness (QED) is 0.605. The standard InChI is InChI=1S/C8H13N5O/c1-10-8-12-5-3-7(13-8)11-4-2-6(9)14/h3,5H,2,4H2,1H3,(H2,9,14)(H2,10,11,12,13). The third-order valence-electron chi connectivity index (χ3n) is 1.56. The lowest BCUT2D eigenvalue weighted by molar-refractivity contribution is -0.117. The molecule has 0 aliphatic rings. The van der Waals surface area contributed by atoms with Gasteiger partial charge in [-0.2, -0.15) is 4.98 Å². The minimum atomic E-state index is -0.333. The molecule has 6 heteroatoms. The van der Waals surface area contributed by atoms with Crippen LogP contribution in [0.4, 0.5) is 11.8 Å². The van der Waals surface area contributed by atoms with Crippen LogP contribution < -0.4 is 16.4 Å². The number of nitrogens with one attached hydrogen (secondary N) is 2. The van der Waals surface area contributed by atoms with Gasteiger partial charge in [0.25, 0.3) is 0 Å². The Balaban J connectivity index is 2.46. The number of rotatable bonds is 5. The van der Waals surface area contributed by atoms with Crippen molar-refractivity contribution >= 4 is 17.7 Å². The van der Waals surface area contributed by atoms with E-state index in [-0.39, 0.29) is 5.91 Å². The van der Waals surface area contributed by atoms with Crippen LogP contribution in [0.25, 0.3) is 0 Å². The van der Waals surface area contributed by atoms with E-state index in [1.54, 1.807) is 19.3 Å². The fourth-order valence-electron chi connectivity index (χ4n) is 0.891. The van der Waals surface area contributed by atoms with Gasteiger partial charge in [-0.1, -0.05) is 0 Å². The summed E-state index contributed by atoms with van der Waals surface area (Å²) in [6.45, 7) is 0.482. The fourth-order valence-corrected chi connectivity index (χ4v) is 0.891. The number of nitrogens with two attached hydrogens (primary N) is 1. The zero-order valence-corrected chi connectivity index (χ0v) is 7.95. The van der Waals surface area contributed by atoms with Gasteiger partial charge >= 0.3 is 0 Å². The lowest BCUT2D eigenvalue weighted by atomic mass is 10.4. The second-order valence-corrected chi connectivity index (χ2v) is 2.66. The number of anilines is 2. The minimum absolute atomic E-state index is 0.291. The van der Waals surface area contributed by atoms with E-state index >= 15 is 0 Å². The number of carbonyl (C=O) groups is 1. The highest BCUT2D eigenvalue weighted by Crippen LogP contribution is 2.04. The van der Waals surface area contributed by atoms with E-state index in [0.29, 0.717) is 24.7 Å². The van der Waals surface area contributed by atoms with Crippen molar-refractivity contribution in [2.24, 2.45) is 5.73 Å². The average molecular weight is 195 g/mol. The van der Waals surface area contributed by atoms with Crippen molar-refractivity contribution in [2.45, 2.75) is 6.42 Å². The number of aromatic nitrogens is 2. The average Bonchev–Trinajstić information content (AvgIpc) is 2.18. The van der Waals surface area contributed by atoms with Crippen LogP contribution in [0, 0.1) is 0 Å². The van der Waals surface area contributed by atoms with Gasteiger partial charge in [-0.15, -0.1) is 0 Å². The molecule has 0 spiro atoms. The Hall–Kier alpha value is -1.85. The Morgan fingerprint density at radius 1 is 1.64 bits per heavy atom. The van der Waals surface area contributed by atoms with Gasteiger partial charge in [0, 0.05) is 26.2 Å². The van der Waals surface area contributed by atoms with Gasteiger partial charge < -0.3 is 16.4 Å². The largest absolute Gasteiger partial charge is 0.370 e. The molecule has 6 nitrogen and oxygen atoms in total. The van der Waals surface area contributed by atoms with Crippen molar-refractivity contribution in [2.75, 3.05) is 24.2 Å². The van der Waals surface area contributed by atoms with Crippen molar-refractivity contribution in [3.63, 3.8) is 0 Å². The summed E-state index contributed by atoms with van der Waals surface area (Å²) in [5, 5.41) is 5.77. The van der Waals surface area contributed by atoms with Gasteiger partial charge in [0.15, 0.2) is 0 Å². The molecule has 0 aromatic carbocycles. The van der Waals surface area contributed by atoms with E-state index in [0.717, 1.165) is 0 Å². The maximum absolute atomic E-state index is 10.4. The number of hydrogen-bond acceptors (Lipinski definition) is 5. The number of carbonyl (C=O) groups excluding carboxylic acids is 1. The molecule has 0 fully saturated rings. The molecule has 0 atom stereocenters. The summed E-state index contributed by atoms with van der Waals surface area (Å²) in [5.41, 5.74) is 4.99. The molecule has 0 aliphatic carbocycles. The van der Waals surface area contributed by atoms with Gasteiger partial charge in [0.1, 0.15) is 5.82 Å². The van der Waals surface area contributed by atoms with Gasteiger partial charge in [-0.25, -0.2) is 4.98 Å². The Morgan fingerprint density at radius 2 is 2.43 bits per heavy atom. The van der Waals surface area contributed by atoms with Crippen molar-refractivity contribution in [3.05, 3.63) is 12.3 Å². The van der Waals surface area contributed by atoms with Crippen molar-refractivity contribution < 1.29 is 4.79 Å². The van der Waals surface area contributed by atoms with Crippen molar-refractivity contribution in [3.8, 4) is 0 Å². The molecular weight excluding hydrogens is 182 g/mol. The normalized spacial score (nSPS) is 9.50. The SMILES string of the molecule is CNc1nccc(NCCC(N)=O)n1. The molecule has 0 unspecified atom stereocenters. The molecule has 0 radical (unpaired) electrons. The van der Waals surface area contributed by atoms with E-state index in [2.05, 4.69) is 20.6 Å². The molecule has 0 aliphatic heterocycles. The summed E-state index contributed by atoms with van der Waals surface area (Å²) < 4.78 is 0. The Morgan fingerprint density at radius 3 is 3.07 bits per heavy atom. The fraction of sp³-hybridized carbons (Fsp3) is 0.375. The highest BCUT2D eigenvalue weighted by molar-refractivity contribution is 5.74. The first-order chi connectivity index (χ1) is 6.72. The van der Waals surface area contributed by atoms with Crippen molar-refractivity contribution in [1.82, 2.24) is 9.97 Å². The zero-order chi connectivity index (χ0) is 10.4. The molecule has 1 aromatic rings. The van der Waals surface area contributed by atoms with Gasteiger partial charge in [-0.05, 0) is 6.07 Å². The van der Waals surface area contributed by atoms with Crippen LogP contribution in [0.3, 0.4) is 0 Å². The van der Waals surface area contributed by atoms with Crippen LogP contribution in [0.5, 0.6) is 0 Å². The van der Waals surface area contributed by atoms with E-state index in [9.17, 15) is 4.79 Å². The lowest BCUT2D eigenvalue weighted by Gasteiger charge is -2.04. The molecule has 0 saturated carbocycles. The topological polar surface area (TPSA) is 92.9 Å². The molecule has 1 rings (SSSR count). The van der Waals surface area contributed by atoms with E-state index in [4.69, 9.17) is 5.73 Å². The first kappa shape index (κ1) is 10.2. The predicted octanol–water partition coefficient (Wildman–Crippen LogP) is -0.194. The van der Waals surface area contributed by atoms with Crippen LogP contribution in [0.15, 0.2) is 12.3 Å². The van der Waals surface area contributed by atoms with Gasteiger partial charge in [0.05, 0.1) is 0 Å². The summed E-state index contributed by atoms with van der Waals surface area (Å²) in [4.78, 5) is 18.5. The van der Waals surface area contributed by atoms with Crippen molar-refractivity contribution in [1.29, 1.82) is 0 Å². The smallest absolute Gasteiger partial charge is 0.224 e. The monoisotopic (exact) mass is 195 g/mol. The lowest BCUT2D eigenvalue weighted by Crippen LogP contribution is -2.16. The molecule has 1 aromatic heterocycles. The first-order valence-electron chi connectivity index (χ1n) is 4.25. The predicted molar refractivity (Wildman–Crippen MR) is 53.9 cm³/mol. The summed E-state index contributed by atoms with van der Waals surface area (Å²) >= 11 is 0. The second-order valence-electron chi connectivity index (χ2n) is 2.66. The maximum atomic E-state index is 10.4. The third kappa shape index (κ3) is 3.26. The Labute approximate surface area is 81.9 Å². The number of amides is 1. The van der Waals surface area contributed by atoms with Crippen LogP contribution in [-0.4, -0.2) is 29.5 Å². The maximum Gasteiger partial charge on any atom is 0.224 e. The minimum Gasteiger partial charge on any atom is -0.370 e. The van der Waals surface area contributed by atoms with Crippen LogP contribution in [-0.2, 0) is 4.79 Å². The highest BCUT2D eigenvalue weighted by Gasteiger charge is 1.97. The van der Waals surface area contributed by atoms with E-state index in [1.165, 1.54) is 0 Å². The van der Waals surface area contributed by atoms with E-state index < -0.39 is 0 Å². The highest BCUT2D eigenvalue weighted by atomic mass is 16.1. The second kappa shape index (κ2) is 5.00. The summed E-state index contributed by atoms with van der Waals surface area (Å²) in [6, 6.07) is 1.72. The van der Waals surface area contributed by atoms with Crippen LogP contribution >= 0.6 is 0 Å². The number of primary amides is 1. The molecule has 1 amide bonds. The molecule has 0 saturated heterocycles. The van der Waals surface area contributed by atoms with Gasteiger partial charge in [0.2, 0.25) is 11.9 Å². The summed E-state index contributed by atoms with van der Waals surface area (Å²) in [6.07, 6.45) is 1.92. The number of nitrogens with zero attached hydrogens (tertiary/aromatic N) is 2. The third-order valence-corrected chi connectivity index (χ3v) is 1.56. The Bertz CT molecular complexity index is 314. The van der Waals surface area contributed by atoms with Crippen LogP contribution in [0.2, 0.25) is 0 Å². The molecule has 14 heavy (non-hydrogen) atoms. The number of hydrogen-bond donors (Lipinski definition) is 3. The molecular formula is C8H13N5O.